The van der Waals surface area contributed by atoms with Crippen LogP contribution in [0.1, 0.15) is 129 Å². The van der Waals surface area contributed by atoms with Crippen LogP contribution in [-0.2, 0) is 4.74 Å². The summed E-state index contributed by atoms with van der Waals surface area (Å²) >= 11 is 0. The highest BCUT2D eigenvalue weighted by molar-refractivity contribution is 4.74. The largest absolute Gasteiger partial charge is 0.378 e. The van der Waals surface area contributed by atoms with Crippen LogP contribution >= 0.6 is 0 Å². The van der Waals surface area contributed by atoms with E-state index in [2.05, 4.69) is 13.8 Å². The second-order valence-corrected chi connectivity index (χ2v) is 9.53. The van der Waals surface area contributed by atoms with E-state index in [1.165, 1.54) is 116 Å². The van der Waals surface area contributed by atoms with Gasteiger partial charge in [-0.3, -0.25) is 0 Å². The average molecular weight is 365 g/mol. The highest BCUT2D eigenvalue weighted by Crippen LogP contribution is 2.34. The highest BCUT2D eigenvalue weighted by atomic mass is 16.5. The molecule has 0 radical (unpaired) electrons. The van der Waals surface area contributed by atoms with Gasteiger partial charge in [-0.1, -0.05) is 90.9 Å². The summed E-state index contributed by atoms with van der Waals surface area (Å²) in [6.07, 6.45) is 26.4. The molecule has 1 nitrogen and oxygen atoms in total. The van der Waals surface area contributed by atoms with Crippen LogP contribution in [0.25, 0.3) is 0 Å². The predicted molar refractivity (Wildman–Crippen MR) is 115 cm³/mol. The molecule has 0 amide bonds. The fraction of sp³-hybridized carbons (Fsp3) is 1.00. The number of hydrogen-bond donors (Lipinski definition) is 0. The van der Waals surface area contributed by atoms with Crippen LogP contribution < -0.4 is 0 Å². The molecule has 2 fully saturated rings. The van der Waals surface area contributed by atoms with Gasteiger partial charge in [-0.15, -0.1) is 0 Å². The summed E-state index contributed by atoms with van der Waals surface area (Å²) in [7, 11) is 0. The zero-order valence-electron chi connectivity index (χ0n) is 18.2. The van der Waals surface area contributed by atoms with E-state index >= 15 is 0 Å². The van der Waals surface area contributed by atoms with E-state index in [9.17, 15) is 0 Å². The van der Waals surface area contributed by atoms with Gasteiger partial charge in [-0.05, 0) is 56.3 Å². The lowest BCUT2D eigenvalue weighted by molar-refractivity contribution is 0.0132. The first-order chi connectivity index (χ1) is 12.8. The third-order valence-corrected chi connectivity index (χ3v) is 7.30. The monoisotopic (exact) mass is 364 g/mol. The second kappa shape index (κ2) is 14.0. The van der Waals surface area contributed by atoms with Crippen molar-refractivity contribution < 1.29 is 4.74 Å². The minimum absolute atomic E-state index is 0.590. The summed E-state index contributed by atoms with van der Waals surface area (Å²) in [4.78, 5) is 0. The van der Waals surface area contributed by atoms with Crippen molar-refractivity contribution in [2.45, 2.75) is 136 Å². The summed E-state index contributed by atoms with van der Waals surface area (Å²) in [5.74, 6) is 3.07. The van der Waals surface area contributed by atoms with Crippen molar-refractivity contribution in [1.29, 1.82) is 0 Å². The van der Waals surface area contributed by atoms with Gasteiger partial charge >= 0.3 is 0 Å². The summed E-state index contributed by atoms with van der Waals surface area (Å²) in [6, 6.07) is 0. The van der Waals surface area contributed by atoms with Crippen LogP contribution in [0, 0.1) is 17.8 Å². The van der Waals surface area contributed by atoms with Crippen LogP contribution in [0.3, 0.4) is 0 Å². The molecule has 2 aliphatic carbocycles. The van der Waals surface area contributed by atoms with Gasteiger partial charge in [-0.25, -0.2) is 0 Å². The lowest BCUT2D eigenvalue weighted by Crippen LogP contribution is -2.22. The first-order valence-electron chi connectivity index (χ1n) is 12.4. The Balaban J connectivity index is 1.43. The normalized spacial score (nSPS) is 29.8. The van der Waals surface area contributed by atoms with Crippen molar-refractivity contribution in [2.75, 3.05) is 6.61 Å². The van der Waals surface area contributed by atoms with Crippen LogP contribution in [-0.4, -0.2) is 12.7 Å². The maximum atomic E-state index is 6.23. The van der Waals surface area contributed by atoms with Crippen LogP contribution in [0.4, 0.5) is 0 Å². The van der Waals surface area contributed by atoms with Crippen LogP contribution in [0.15, 0.2) is 0 Å². The molecular formula is C25H48O. The molecule has 0 saturated heterocycles. The molecule has 0 aromatic heterocycles. The highest BCUT2D eigenvalue weighted by Gasteiger charge is 2.22. The maximum absolute atomic E-state index is 6.23. The molecule has 154 valence electrons. The van der Waals surface area contributed by atoms with Crippen LogP contribution in [0.5, 0.6) is 0 Å². The van der Waals surface area contributed by atoms with Crippen molar-refractivity contribution in [3.05, 3.63) is 0 Å². The van der Waals surface area contributed by atoms with Gasteiger partial charge in [0.1, 0.15) is 0 Å². The fourth-order valence-corrected chi connectivity index (χ4v) is 5.38. The van der Waals surface area contributed by atoms with Crippen molar-refractivity contribution in [3.8, 4) is 0 Å². The standard InChI is InChI=1S/C25H48O/c1-3-5-7-10-22-13-15-24(16-14-22)12-9-21-26-25-19-17-23(18-20-25)11-8-6-4-2/h22-25H,3-21H2,1-2H3. The van der Waals surface area contributed by atoms with E-state index in [1.54, 1.807) is 0 Å². The Morgan fingerprint density at radius 1 is 0.538 bits per heavy atom. The van der Waals surface area contributed by atoms with Crippen LogP contribution in [0.2, 0.25) is 0 Å². The predicted octanol–water partition coefficient (Wildman–Crippen LogP) is 8.31. The summed E-state index contributed by atoms with van der Waals surface area (Å²) in [5.41, 5.74) is 0. The molecule has 26 heavy (non-hydrogen) atoms. The first kappa shape index (κ1) is 22.3. The minimum Gasteiger partial charge on any atom is -0.378 e. The van der Waals surface area contributed by atoms with E-state index < -0.39 is 0 Å². The lowest BCUT2D eigenvalue weighted by atomic mass is 9.78. The Kier molecular flexibility index (Phi) is 12.0. The van der Waals surface area contributed by atoms with Crippen molar-refractivity contribution in [1.82, 2.24) is 0 Å². The van der Waals surface area contributed by atoms with E-state index in [0.717, 1.165) is 24.4 Å². The van der Waals surface area contributed by atoms with Gasteiger partial charge < -0.3 is 4.74 Å². The first-order valence-corrected chi connectivity index (χ1v) is 12.4. The topological polar surface area (TPSA) is 9.23 Å². The number of rotatable bonds is 13. The molecule has 0 bridgehead atoms. The molecule has 0 N–H and O–H groups in total. The van der Waals surface area contributed by atoms with Gasteiger partial charge in [0.05, 0.1) is 6.10 Å². The molecule has 2 aliphatic rings. The fourth-order valence-electron chi connectivity index (χ4n) is 5.38. The van der Waals surface area contributed by atoms with Gasteiger partial charge in [0.2, 0.25) is 0 Å². The lowest BCUT2D eigenvalue weighted by Gasteiger charge is -2.30. The molecule has 2 rings (SSSR count). The molecule has 0 spiro atoms. The number of hydrogen-bond acceptors (Lipinski definition) is 1. The molecule has 0 atom stereocenters. The molecule has 0 heterocycles. The van der Waals surface area contributed by atoms with E-state index in [0.29, 0.717) is 6.10 Å². The van der Waals surface area contributed by atoms with Gasteiger partial charge in [-0.2, -0.15) is 0 Å². The number of ether oxygens (including phenoxy) is 1. The Bertz CT molecular complexity index is 278. The van der Waals surface area contributed by atoms with Gasteiger partial charge in [0.15, 0.2) is 0 Å². The molecule has 2 saturated carbocycles. The molecule has 0 aromatic rings. The van der Waals surface area contributed by atoms with Crippen molar-refractivity contribution in [3.63, 3.8) is 0 Å². The average Bonchev–Trinajstić information content (AvgIpc) is 2.68. The van der Waals surface area contributed by atoms with E-state index in [-0.39, 0.29) is 0 Å². The Morgan fingerprint density at radius 2 is 0.962 bits per heavy atom. The smallest absolute Gasteiger partial charge is 0.0575 e. The van der Waals surface area contributed by atoms with Crippen molar-refractivity contribution >= 4 is 0 Å². The Hall–Kier alpha value is -0.0400. The van der Waals surface area contributed by atoms with Gasteiger partial charge in [0.25, 0.3) is 0 Å². The van der Waals surface area contributed by atoms with E-state index in [4.69, 9.17) is 4.74 Å². The number of unbranched alkanes of at least 4 members (excludes halogenated alkanes) is 4. The van der Waals surface area contributed by atoms with Gasteiger partial charge in [0, 0.05) is 6.61 Å². The SMILES string of the molecule is CCCCCC1CCC(CCCOC2CCC(CCCCC)CC2)CC1. The molecule has 0 aliphatic heterocycles. The second-order valence-electron chi connectivity index (χ2n) is 9.53. The minimum atomic E-state index is 0.590. The zero-order valence-corrected chi connectivity index (χ0v) is 18.2. The summed E-state index contributed by atoms with van der Waals surface area (Å²) < 4.78 is 6.23. The molecule has 0 unspecified atom stereocenters. The Morgan fingerprint density at radius 3 is 1.42 bits per heavy atom. The molecular weight excluding hydrogens is 316 g/mol. The maximum Gasteiger partial charge on any atom is 0.0575 e. The van der Waals surface area contributed by atoms with Crippen molar-refractivity contribution in [2.24, 2.45) is 17.8 Å². The Labute approximate surface area is 165 Å². The van der Waals surface area contributed by atoms with E-state index in [1.807, 2.05) is 0 Å². The molecule has 0 aromatic carbocycles. The summed E-state index contributed by atoms with van der Waals surface area (Å²) in [5, 5.41) is 0. The third kappa shape index (κ3) is 9.25. The zero-order chi connectivity index (χ0) is 18.5. The molecule has 1 heteroatoms. The summed E-state index contributed by atoms with van der Waals surface area (Å²) in [6.45, 7) is 5.66. The third-order valence-electron chi connectivity index (χ3n) is 7.30. The quantitative estimate of drug-likeness (QED) is 0.298.